The van der Waals surface area contributed by atoms with Gasteiger partial charge in [-0.3, -0.25) is 4.79 Å². The van der Waals surface area contributed by atoms with Crippen LogP contribution < -0.4 is 15.4 Å². The SMILES string of the molecule is COCCNCC(=O)Nc1ccc(S(=O)(=O)NC(C)C)cc1.Cl. The minimum atomic E-state index is -3.51. The summed E-state index contributed by atoms with van der Waals surface area (Å²) in [5.41, 5.74) is 0.544. The Balaban J connectivity index is 0.00000484. The first-order chi connectivity index (χ1) is 10.3. The summed E-state index contributed by atoms with van der Waals surface area (Å²) in [5.74, 6) is -0.202. The summed E-state index contributed by atoms with van der Waals surface area (Å²) in [7, 11) is -1.93. The minimum Gasteiger partial charge on any atom is -0.383 e. The summed E-state index contributed by atoms with van der Waals surface area (Å²) in [6.07, 6.45) is 0. The van der Waals surface area contributed by atoms with Crippen molar-refractivity contribution in [3.63, 3.8) is 0 Å². The van der Waals surface area contributed by atoms with Gasteiger partial charge < -0.3 is 15.4 Å². The van der Waals surface area contributed by atoms with Gasteiger partial charge in [0, 0.05) is 25.4 Å². The first-order valence-electron chi connectivity index (χ1n) is 6.97. The topological polar surface area (TPSA) is 96.5 Å². The number of carbonyl (C=O) groups excluding carboxylic acids is 1. The average Bonchev–Trinajstić information content (AvgIpc) is 2.43. The molecule has 1 aromatic carbocycles. The van der Waals surface area contributed by atoms with Gasteiger partial charge in [-0.25, -0.2) is 13.1 Å². The molecule has 1 rings (SSSR count). The number of methoxy groups -OCH3 is 1. The van der Waals surface area contributed by atoms with E-state index in [1.54, 1.807) is 33.1 Å². The van der Waals surface area contributed by atoms with E-state index in [1.165, 1.54) is 12.1 Å². The smallest absolute Gasteiger partial charge is 0.240 e. The predicted molar refractivity (Wildman–Crippen MR) is 92.5 cm³/mol. The molecule has 0 atom stereocenters. The fourth-order valence-corrected chi connectivity index (χ4v) is 2.93. The second kappa shape index (κ2) is 10.6. The van der Waals surface area contributed by atoms with Crippen molar-refractivity contribution >= 4 is 34.0 Å². The van der Waals surface area contributed by atoms with Crippen LogP contribution in [0.1, 0.15) is 13.8 Å². The number of sulfonamides is 1. The van der Waals surface area contributed by atoms with Crippen LogP contribution in [0.3, 0.4) is 0 Å². The molecule has 1 aromatic rings. The van der Waals surface area contributed by atoms with E-state index in [2.05, 4.69) is 15.4 Å². The van der Waals surface area contributed by atoms with E-state index in [4.69, 9.17) is 4.74 Å². The van der Waals surface area contributed by atoms with Crippen molar-refractivity contribution in [3.05, 3.63) is 24.3 Å². The van der Waals surface area contributed by atoms with Crippen LogP contribution in [0.15, 0.2) is 29.2 Å². The van der Waals surface area contributed by atoms with Crippen molar-refractivity contribution in [3.8, 4) is 0 Å². The zero-order valence-electron chi connectivity index (χ0n) is 13.5. The van der Waals surface area contributed by atoms with E-state index in [-0.39, 0.29) is 35.8 Å². The number of hydrogen-bond donors (Lipinski definition) is 3. The van der Waals surface area contributed by atoms with Crippen molar-refractivity contribution < 1.29 is 17.9 Å². The van der Waals surface area contributed by atoms with Crippen LogP contribution in [0.4, 0.5) is 5.69 Å². The summed E-state index contributed by atoms with van der Waals surface area (Å²) in [6, 6.07) is 5.85. The first kappa shape index (κ1) is 21.8. The molecule has 0 heterocycles. The summed E-state index contributed by atoms with van der Waals surface area (Å²) in [6.45, 7) is 4.79. The number of nitrogens with one attached hydrogen (secondary N) is 3. The number of benzene rings is 1. The molecular weight excluding hydrogens is 342 g/mol. The zero-order chi connectivity index (χ0) is 16.6. The predicted octanol–water partition coefficient (Wildman–Crippen LogP) is 0.970. The second-order valence-electron chi connectivity index (χ2n) is 5.02. The molecule has 23 heavy (non-hydrogen) atoms. The normalized spacial score (nSPS) is 11.1. The van der Waals surface area contributed by atoms with Crippen LogP contribution in [-0.2, 0) is 19.6 Å². The summed E-state index contributed by atoms with van der Waals surface area (Å²) in [4.78, 5) is 11.8. The van der Waals surface area contributed by atoms with E-state index in [1.807, 2.05) is 0 Å². The van der Waals surface area contributed by atoms with Gasteiger partial charge in [0.1, 0.15) is 0 Å². The van der Waals surface area contributed by atoms with Gasteiger partial charge in [0.25, 0.3) is 0 Å². The lowest BCUT2D eigenvalue weighted by Gasteiger charge is -2.10. The average molecular weight is 366 g/mol. The molecule has 7 nitrogen and oxygen atoms in total. The van der Waals surface area contributed by atoms with Crippen molar-refractivity contribution in [2.45, 2.75) is 24.8 Å². The Morgan fingerprint density at radius 2 is 1.83 bits per heavy atom. The Hall–Kier alpha value is -1.19. The van der Waals surface area contributed by atoms with Crippen molar-refractivity contribution in [1.29, 1.82) is 0 Å². The molecule has 0 saturated heterocycles. The van der Waals surface area contributed by atoms with Crippen LogP contribution in [-0.4, -0.2) is 47.2 Å². The summed E-state index contributed by atoms with van der Waals surface area (Å²) < 4.78 is 31.3. The van der Waals surface area contributed by atoms with E-state index in [9.17, 15) is 13.2 Å². The highest BCUT2D eigenvalue weighted by molar-refractivity contribution is 7.89. The molecule has 0 spiro atoms. The van der Waals surface area contributed by atoms with E-state index < -0.39 is 10.0 Å². The van der Waals surface area contributed by atoms with Crippen LogP contribution in [0.5, 0.6) is 0 Å². The van der Waals surface area contributed by atoms with Gasteiger partial charge in [0.05, 0.1) is 18.0 Å². The Morgan fingerprint density at radius 1 is 1.22 bits per heavy atom. The third-order valence-electron chi connectivity index (χ3n) is 2.61. The maximum atomic E-state index is 12.0. The lowest BCUT2D eigenvalue weighted by Crippen LogP contribution is -2.30. The van der Waals surface area contributed by atoms with Crippen LogP contribution in [0, 0.1) is 0 Å². The molecule has 9 heteroatoms. The number of halogens is 1. The Bertz CT molecular complexity index is 576. The summed E-state index contributed by atoms with van der Waals surface area (Å²) >= 11 is 0. The molecule has 0 fully saturated rings. The number of ether oxygens (including phenoxy) is 1. The molecule has 0 aromatic heterocycles. The molecule has 0 radical (unpaired) electrons. The van der Waals surface area contributed by atoms with Gasteiger partial charge in [-0.15, -0.1) is 12.4 Å². The Kier molecular flexibility index (Phi) is 10.0. The van der Waals surface area contributed by atoms with Crippen LogP contribution in [0.25, 0.3) is 0 Å². The maximum absolute atomic E-state index is 12.0. The Labute approximate surface area is 143 Å². The van der Waals surface area contributed by atoms with Gasteiger partial charge in [0.15, 0.2) is 0 Å². The number of amides is 1. The molecule has 0 aliphatic heterocycles. The van der Waals surface area contributed by atoms with E-state index in [0.29, 0.717) is 18.8 Å². The van der Waals surface area contributed by atoms with Gasteiger partial charge in [0.2, 0.25) is 15.9 Å². The molecule has 132 valence electrons. The highest BCUT2D eigenvalue weighted by atomic mass is 35.5. The molecule has 1 amide bonds. The lowest BCUT2D eigenvalue weighted by molar-refractivity contribution is -0.115. The highest BCUT2D eigenvalue weighted by Crippen LogP contribution is 2.14. The second-order valence-corrected chi connectivity index (χ2v) is 6.73. The molecule has 0 aliphatic rings. The lowest BCUT2D eigenvalue weighted by atomic mass is 10.3. The highest BCUT2D eigenvalue weighted by Gasteiger charge is 2.15. The van der Waals surface area contributed by atoms with Crippen molar-refractivity contribution in [2.75, 3.05) is 32.1 Å². The van der Waals surface area contributed by atoms with Crippen molar-refractivity contribution in [1.82, 2.24) is 10.0 Å². The molecular formula is C14H24ClN3O4S. The number of hydrogen-bond acceptors (Lipinski definition) is 5. The largest absolute Gasteiger partial charge is 0.383 e. The van der Waals surface area contributed by atoms with Gasteiger partial charge in [-0.2, -0.15) is 0 Å². The number of rotatable bonds is 9. The quantitative estimate of drug-likeness (QED) is 0.567. The number of anilines is 1. The summed E-state index contributed by atoms with van der Waals surface area (Å²) in [5, 5.41) is 5.60. The van der Waals surface area contributed by atoms with E-state index >= 15 is 0 Å². The molecule has 0 aliphatic carbocycles. The van der Waals surface area contributed by atoms with Gasteiger partial charge in [-0.1, -0.05) is 0 Å². The first-order valence-corrected chi connectivity index (χ1v) is 8.45. The third-order valence-corrected chi connectivity index (χ3v) is 4.28. The van der Waals surface area contributed by atoms with Crippen molar-refractivity contribution in [2.24, 2.45) is 0 Å². The fourth-order valence-electron chi connectivity index (χ4n) is 1.68. The standard InChI is InChI=1S/C14H23N3O4S.ClH/c1-11(2)17-22(19,20)13-6-4-12(5-7-13)16-14(18)10-15-8-9-21-3;/h4-7,11,15,17H,8-10H2,1-3H3,(H,16,18);1H. The zero-order valence-corrected chi connectivity index (χ0v) is 15.1. The molecule has 0 bridgehead atoms. The van der Waals surface area contributed by atoms with Gasteiger partial charge >= 0.3 is 0 Å². The maximum Gasteiger partial charge on any atom is 0.240 e. The van der Waals surface area contributed by atoms with Crippen LogP contribution >= 0.6 is 12.4 Å². The van der Waals surface area contributed by atoms with E-state index in [0.717, 1.165) is 0 Å². The monoisotopic (exact) mass is 365 g/mol. The van der Waals surface area contributed by atoms with Gasteiger partial charge in [-0.05, 0) is 38.1 Å². The number of carbonyl (C=O) groups is 1. The molecule has 0 saturated carbocycles. The third kappa shape index (κ3) is 8.29. The fraction of sp³-hybridized carbons (Fsp3) is 0.500. The molecule has 3 N–H and O–H groups in total. The minimum absolute atomic E-state index is 0. The molecule has 0 unspecified atom stereocenters. The van der Waals surface area contributed by atoms with Crippen LogP contribution in [0.2, 0.25) is 0 Å². The Morgan fingerprint density at radius 3 is 2.35 bits per heavy atom.